The van der Waals surface area contributed by atoms with Crippen LogP contribution < -0.4 is 4.74 Å². The molecule has 20 heavy (non-hydrogen) atoms. The fraction of sp³-hybridized carbons (Fsp3) is 0.562. The Kier molecular flexibility index (Phi) is 3.40. The second-order valence-electron chi connectivity index (χ2n) is 6.10. The summed E-state index contributed by atoms with van der Waals surface area (Å²) in [4.78, 5) is 11.0. The lowest BCUT2D eigenvalue weighted by Crippen LogP contribution is -2.21. The second-order valence-corrected chi connectivity index (χ2v) is 6.10. The van der Waals surface area contributed by atoms with Crippen molar-refractivity contribution in [3.63, 3.8) is 0 Å². The first-order valence-corrected chi connectivity index (χ1v) is 7.24. The molecule has 0 aromatic heterocycles. The number of hydrogen-bond donors (Lipinski definition) is 1. The summed E-state index contributed by atoms with van der Waals surface area (Å²) in [6, 6.07) is 4.48. The van der Waals surface area contributed by atoms with Crippen LogP contribution in [-0.4, -0.2) is 17.7 Å². The van der Waals surface area contributed by atoms with Crippen molar-refractivity contribution in [1.82, 2.24) is 0 Å². The Morgan fingerprint density at radius 3 is 2.70 bits per heavy atom. The molecular weight excluding hydrogens is 259 g/mol. The quantitative estimate of drug-likeness (QED) is 0.866. The summed E-state index contributed by atoms with van der Waals surface area (Å²) >= 11 is 0. The minimum absolute atomic E-state index is 0.0518. The molecule has 4 heteroatoms. The first kappa shape index (κ1) is 13.4. The molecule has 0 atom stereocenters. The van der Waals surface area contributed by atoms with E-state index >= 15 is 0 Å². The minimum atomic E-state index is -0.836. The fourth-order valence-corrected chi connectivity index (χ4v) is 2.89. The van der Waals surface area contributed by atoms with Gasteiger partial charge in [0.1, 0.15) is 11.6 Å². The second kappa shape index (κ2) is 5.08. The molecule has 0 spiro atoms. The van der Waals surface area contributed by atoms with Crippen molar-refractivity contribution in [3.05, 3.63) is 29.6 Å². The zero-order chi connectivity index (χ0) is 14.2. The van der Waals surface area contributed by atoms with Crippen molar-refractivity contribution >= 4 is 5.97 Å². The molecule has 1 aromatic rings. The summed E-state index contributed by atoms with van der Waals surface area (Å²) < 4.78 is 19.4. The summed E-state index contributed by atoms with van der Waals surface area (Å²) in [5, 5.41) is 9.04. The van der Waals surface area contributed by atoms with E-state index in [1.807, 2.05) is 0 Å². The van der Waals surface area contributed by atoms with Crippen LogP contribution in [0.1, 0.15) is 44.1 Å². The number of aliphatic carboxylic acids is 1. The SMILES string of the molecule is O=C(O)CC1(c2cc(F)ccc2OCC2CCC2)CC1. The van der Waals surface area contributed by atoms with Crippen LogP contribution in [0.5, 0.6) is 5.75 Å². The standard InChI is InChI=1S/C16H19FO3/c17-12-4-5-14(20-10-11-2-1-3-11)13(8-12)16(6-7-16)9-15(18)19/h4-5,8,11H,1-3,6-7,9-10H2,(H,18,19). The van der Waals surface area contributed by atoms with Crippen molar-refractivity contribution in [2.45, 2.75) is 43.9 Å². The van der Waals surface area contributed by atoms with Crippen molar-refractivity contribution in [2.24, 2.45) is 5.92 Å². The Hall–Kier alpha value is -1.58. The highest BCUT2D eigenvalue weighted by Gasteiger charge is 2.48. The summed E-state index contributed by atoms with van der Waals surface area (Å²) in [5.41, 5.74) is 0.322. The zero-order valence-electron chi connectivity index (χ0n) is 11.4. The summed E-state index contributed by atoms with van der Waals surface area (Å²) in [6.07, 6.45) is 5.28. The first-order valence-electron chi connectivity index (χ1n) is 7.24. The van der Waals surface area contributed by atoms with Crippen LogP contribution in [-0.2, 0) is 10.2 Å². The van der Waals surface area contributed by atoms with E-state index in [0.29, 0.717) is 18.3 Å². The molecule has 0 heterocycles. The Bertz CT molecular complexity index is 518. The molecular formula is C16H19FO3. The van der Waals surface area contributed by atoms with Gasteiger partial charge >= 0.3 is 5.97 Å². The first-order chi connectivity index (χ1) is 9.59. The van der Waals surface area contributed by atoms with E-state index in [1.165, 1.54) is 31.4 Å². The van der Waals surface area contributed by atoms with Gasteiger partial charge in [0.2, 0.25) is 0 Å². The Morgan fingerprint density at radius 1 is 1.40 bits per heavy atom. The molecule has 1 N–H and O–H groups in total. The number of carboxylic acid groups (broad SMARTS) is 1. The number of ether oxygens (including phenoxy) is 1. The smallest absolute Gasteiger partial charge is 0.304 e. The third-order valence-electron chi connectivity index (χ3n) is 4.56. The molecule has 0 aliphatic heterocycles. The number of carboxylic acids is 1. The molecule has 2 aliphatic carbocycles. The van der Waals surface area contributed by atoms with E-state index in [-0.39, 0.29) is 12.2 Å². The molecule has 2 fully saturated rings. The predicted molar refractivity (Wildman–Crippen MR) is 72.4 cm³/mol. The lowest BCUT2D eigenvalue weighted by Gasteiger charge is -2.26. The van der Waals surface area contributed by atoms with Gasteiger partial charge in [0.25, 0.3) is 0 Å². The Balaban J connectivity index is 1.80. The summed E-state index contributed by atoms with van der Waals surface area (Å²) in [6.45, 7) is 0.655. The molecule has 0 amide bonds. The monoisotopic (exact) mass is 278 g/mol. The third kappa shape index (κ3) is 2.65. The lowest BCUT2D eigenvalue weighted by molar-refractivity contribution is -0.137. The van der Waals surface area contributed by atoms with Gasteiger partial charge in [-0.25, -0.2) is 4.39 Å². The topological polar surface area (TPSA) is 46.5 Å². The van der Waals surface area contributed by atoms with E-state index in [9.17, 15) is 9.18 Å². The maximum Gasteiger partial charge on any atom is 0.304 e. The Morgan fingerprint density at radius 2 is 2.15 bits per heavy atom. The molecule has 0 unspecified atom stereocenters. The van der Waals surface area contributed by atoms with Crippen molar-refractivity contribution < 1.29 is 19.0 Å². The van der Waals surface area contributed by atoms with Gasteiger partial charge in [-0.2, -0.15) is 0 Å². The highest BCUT2D eigenvalue weighted by atomic mass is 19.1. The lowest BCUT2D eigenvalue weighted by atomic mass is 9.86. The summed E-state index contributed by atoms with van der Waals surface area (Å²) in [5.74, 6) is 0.101. The average Bonchev–Trinajstić information content (AvgIpc) is 3.08. The predicted octanol–water partition coefficient (Wildman–Crippen LogP) is 3.51. The van der Waals surface area contributed by atoms with E-state index in [0.717, 1.165) is 18.4 Å². The summed E-state index contributed by atoms with van der Waals surface area (Å²) in [7, 11) is 0. The van der Waals surface area contributed by atoms with Crippen LogP contribution in [0.2, 0.25) is 0 Å². The van der Waals surface area contributed by atoms with Crippen molar-refractivity contribution in [2.75, 3.05) is 6.61 Å². The molecule has 3 rings (SSSR count). The van der Waals surface area contributed by atoms with Crippen LogP contribution in [0.3, 0.4) is 0 Å². The van der Waals surface area contributed by atoms with Gasteiger partial charge in [0, 0.05) is 11.0 Å². The highest BCUT2D eigenvalue weighted by Crippen LogP contribution is 2.54. The van der Waals surface area contributed by atoms with E-state index in [1.54, 1.807) is 6.07 Å². The van der Waals surface area contributed by atoms with Crippen LogP contribution >= 0.6 is 0 Å². The maximum absolute atomic E-state index is 13.5. The van der Waals surface area contributed by atoms with Crippen molar-refractivity contribution in [1.29, 1.82) is 0 Å². The molecule has 108 valence electrons. The van der Waals surface area contributed by atoms with E-state index in [4.69, 9.17) is 9.84 Å². The normalized spacial score (nSPS) is 20.2. The van der Waals surface area contributed by atoms with Gasteiger partial charge in [-0.05, 0) is 49.8 Å². The average molecular weight is 278 g/mol. The number of rotatable bonds is 6. The van der Waals surface area contributed by atoms with Gasteiger partial charge in [0.15, 0.2) is 0 Å². The number of hydrogen-bond acceptors (Lipinski definition) is 2. The fourth-order valence-electron chi connectivity index (χ4n) is 2.89. The molecule has 2 saturated carbocycles. The highest BCUT2D eigenvalue weighted by molar-refractivity contribution is 5.70. The van der Waals surface area contributed by atoms with Crippen LogP contribution in [0, 0.1) is 11.7 Å². The number of halogens is 1. The minimum Gasteiger partial charge on any atom is -0.493 e. The van der Waals surface area contributed by atoms with E-state index < -0.39 is 11.4 Å². The molecule has 0 bridgehead atoms. The molecule has 1 aromatic carbocycles. The van der Waals surface area contributed by atoms with Gasteiger partial charge in [-0.15, -0.1) is 0 Å². The molecule has 0 radical (unpaired) electrons. The van der Waals surface area contributed by atoms with Crippen molar-refractivity contribution in [3.8, 4) is 5.75 Å². The van der Waals surface area contributed by atoms with Crippen LogP contribution in [0.4, 0.5) is 4.39 Å². The van der Waals surface area contributed by atoms with Crippen LogP contribution in [0.15, 0.2) is 18.2 Å². The van der Waals surface area contributed by atoms with Crippen LogP contribution in [0.25, 0.3) is 0 Å². The number of carbonyl (C=O) groups is 1. The maximum atomic E-state index is 13.5. The zero-order valence-corrected chi connectivity index (χ0v) is 11.4. The third-order valence-corrected chi connectivity index (χ3v) is 4.56. The molecule has 2 aliphatic rings. The van der Waals surface area contributed by atoms with Gasteiger partial charge in [-0.1, -0.05) is 6.42 Å². The molecule has 3 nitrogen and oxygen atoms in total. The van der Waals surface area contributed by atoms with Gasteiger partial charge < -0.3 is 9.84 Å². The Labute approximate surface area is 117 Å². The van der Waals surface area contributed by atoms with Gasteiger partial charge in [0.05, 0.1) is 13.0 Å². The van der Waals surface area contributed by atoms with Gasteiger partial charge in [-0.3, -0.25) is 4.79 Å². The largest absolute Gasteiger partial charge is 0.493 e. The number of benzene rings is 1. The van der Waals surface area contributed by atoms with E-state index in [2.05, 4.69) is 0 Å². The molecule has 0 saturated heterocycles.